The van der Waals surface area contributed by atoms with Crippen LogP contribution < -0.4 is 4.74 Å². The second-order valence-electron chi connectivity index (χ2n) is 7.12. The van der Waals surface area contributed by atoms with Gasteiger partial charge in [0.1, 0.15) is 17.2 Å². The van der Waals surface area contributed by atoms with Crippen LogP contribution in [0, 0.1) is 0 Å². The number of hydrogen-bond donors (Lipinski definition) is 3. The van der Waals surface area contributed by atoms with Crippen LogP contribution in [0.25, 0.3) is 0 Å². The fraction of sp³-hybridized carbons (Fsp3) is 0.182. The second-order valence-corrected chi connectivity index (χ2v) is 7.12. The first-order valence-corrected chi connectivity index (χ1v) is 8.52. The van der Waals surface area contributed by atoms with Gasteiger partial charge in [-0.25, -0.2) is 0 Å². The van der Waals surface area contributed by atoms with Crippen LogP contribution in [0.5, 0.6) is 17.2 Å². The number of methoxy groups -OCH3 is 1. The van der Waals surface area contributed by atoms with Crippen molar-refractivity contribution in [1.29, 1.82) is 0 Å². The molecule has 0 aliphatic heterocycles. The van der Waals surface area contributed by atoms with E-state index >= 15 is 0 Å². The average Bonchev–Trinajstić information content (AvgIpc) is 2.64. The molecule has 0 saturated heterocycles. The van der Waals surface area contributed by atoms with Gasteiger partial charge in [-0.3, -0.25) is 0 Å². The highest BCUT2D eigenvalue weighted by molar-refractivity contribution is 5.79. The Morgan fingerprint density at radius 1 is 0.731 bits per heavy atom. The number of phenols is 2. The lowest BCUT2D eigenvalue weighted by atomic mass is 9.51. The van der Waals surface area contributed by atoms with Gasteiger partial charge < -0.3 is 20.1 Å². The molecule has 3 N–H and O–H groups in total. The smallest absolute Gasteiger partial charge is 0.152 e. The molecule has 26 heavy (non-hydrogen) atoms. The van der Waals surface area contributed by atoms with E-state index in [-0.39, 0.29) is 11.5 Å². The summed E-state index contributed by atoms with van der Waals surface area (Å²) >= 11 is 0. The quantitative estimate of drug-likeness (QED) is 0.632. The molecule has 4 heteroatoms. The number of aliphatic hydroxyl groups is 1. The lowest BCUT2D eigenvalue weighted by molar-refractivity contribution is 0.0975. The molecule has 0 saturated carbocycles. The average molecular weight is 346 g/mol. The number of aromatic hydroxyl groups is 2. The molecule has 130 valence electrons. The van der Waals surface area contributed by atoms with E-state index in [1.807, 2.05) is 24.3 Å². The Hall–Kier alpha value is -2.98. The molecule has 0 heterocycles. The Labute approximate surface area is 150 Å². The zero-order valence-corrected chi connectivity index (χ0v) is 14.4. The Balaban J connectivity index is 2.08. The molecule has 3 aromatic carbocycles. The van der Waals surface area contributed by atoms with E-state index in [0.717, 1.165) is 16.7 Å². The zero-order valence-electron chi connectivity index (χ0n) is 14.4. The number of hydrogen-bond acceptors (Lipinski definition) is 4. The van der Waals surface area contributed by atoms with Crippen LogP contribution in [0.2, 0.25) is 0 Å². The van der Waals surface area contributed by atoms with E-state index in [0.29, 0.717) is 22.4 Å². The van der Waals surface area contributed by atoms with Crippen LogP contribution in [0.3, 0.4) is 0 Å². The zero-order chi connectivity index (χ0) is 18.3. The molecule has 3 aromatic rings. The first-order valence-electron chi connectivity index (χ1n) is 8.52. The molecule has 3 aliphatic carbocycles. The molecule has 6 rings (SSSR count). The number of benzene rings is 3. The van der Waals surface area contributed by atoms with Crippen molar-refractivity contribution in [1.82, 2.24) is 0 Å². The van der Waals surface area contributed by atoms with Crippen LogP contribution >= 0.6 is 0 Å². The van der Waals surface area contributed by atoms with Crippen LogP contribution in [-0.4, -0.2) is 22.4 Å². The SMILES string of the molecule is COc1cccc2c1C1(O)c3c(O)cccc3C2(C)c2cccc(O)c21. The van der Waals surface area contributed by atoms with Gasteiger partial charge in [0.05, 0.1) is 7.11 Å². The third-order valence-electron chi connectivity index (χ3n) is 6.03. The fourth-order valence-electron chi connectivity index (χ4n) is 4.98. The van der Waals surface area contributed by atoms with Gasteiger partial charge in [-0.1, -0.05) is 36.4 Å². The van der Waals surface area contributed by atoms with Gasteiger partial charge in [0.2, 0.25) is 0 Å². The van der Waals surface area contributed by atoms with Crippen molar-refractivity contribution in [2.75, 3.05) is 7.11 Å². The van der Waals surface area contributed by atoms with E-state index < -0.39 is 11.0 Å². The van der Waals surface area contributed by atoms with E-state index in [4.69, 9.17) is 4.74 Å². The summed E-state index contributed by atoms with van der Waals surface area (Å²) in [5, 5.41) is 33.4. The molecule has 0 aromatic heterocycles. The molecular formula is C22H18O4. The summed E-state index contributed by atoms with van der Waals surface area (Å²) in [4.78, 5) is 0. The maximum Gasteiger partial charge on any atom is 0.152 e. The molecule has 4 nitrogen and oxygen atoms in total. The molecule has 2 bridgehead atoms. The molecule has 0 amide bonds. The van der Waals surface area contributed by atoms with Gasteiger partial charge in [-0.05, 0) is 41.8 Å². The molecule has 0 spiro atoms. The summed E-state index contributed by atoms with van der Waals surface area (Å²) in [6.45, 7) is 2.06. The Morgan fingerprint density at radius 2 is 1.19 bits per heavy atom. The first-order chi connectivity index (χ1) is 12.5. The van der Waals surface area contributed by atoms with Gasteiger partial charge in [0.25, 0.3) is 0 Å². The van der Waals surface area contributed by atoms with Gasteiger partial charge in [-0.15, -0.1) is 0 Å². The molecular weight excluding hydrogens is 328 g/mol. The third-order valence-corrected chi connectivity index (χ3v) is 6.03. The van der Waals surface area contributed by atoms with Crippen LogP contribution in [-0.2, 0) is 11.0 Å². The van der Waals surface area contributed by atoms with Crippen molar-refractivity contribution in [3.05, 3.63) is 88.0 Å². The summed E-state index contributed by atoms with van der Waals surface area (Å²) < 4.78 is 5.56. The molecule has 3 aliphatic rings. The second kappa shape index (κ2) is 4.59. The minimum atomic E-state index is -1.69. The number of ether oxygens (including phenoxy) is 1. The molecule has 0 unspecified atom stereocenters. The summed E-state index contributed by atoms with van der Waals surface area (Å²) in [7, 11) is 1.56. The summed E-state index contributed by atoms with van der Waals surface area (Å²) in [5.74, 6) is 0.530. The third kappa shape index (κ3) is 1.42. The number of phenolic OH excluding ortho intramolecular Hbond substituents is 2. The van der Waals surface area contributed by atoms with E-state index in [1.165, 1.54) is 0 Å². The van der Waals surface area contributed by atoms with Gasteiger partial charge in [-0.2, -0.15) is 0 Å². The minimum Gasteiger partial charge on any atom is -0.508 e. The highest BCUT2D eigenvalue weighted by atomic mass is 16.5. The Morgan fingerprint density at radius 3 is 1.69 bits per heavy atom. The van der Waals surface area contributed by atoms with E-state index in [1.54, 1.807) is 37.4 Å². The van der Waals surface area contributed by atoms with Crippen molar-refractivity contribution in [2.45, 2.75) is 17.9 Å². The summed E-state index contributed by atoms with van der Waals surface area (Å²) in [6, 6.07) is 16.2. The summed E-state index contributed by atoms with van der Waals surface area (Å²) in [6.07, 6.45) is 0. The van der Waals surface area contributed by atoms with Gasteiger partial charge in [0, 0.05) is 22.1 Å². The topological polar surface area (TPSA) is 69.9 Å². The predicted octanol–water partition coefficient (Wildman–Crippen LogP) is 3.37. The lowest BCUT2D eigenvalue weighted by Gasteiger charge is -2.53. The van der Waals surface area contributed by atoms with Crippen molar-refractivity contribution >= 4 is 0 Å². The monoisotopic (exact) mass is 346 g/mol. The Kier molecular flexibility index (Phi) is 2.70. The van der Waals surface area contributed by atoms with Crippen LogP contribution in [0.15, 0.2) is 54.6 Å². The molecule has 0 radical (unpaired) electrons. The lowest BCUT2D eigenvalue weighted by Crippen LogP contribution is -2.49. The Bertz CT molecular complexity index is 1030. The highest BCUT2D eigenvalue weighted by Gasteiger charge is 2.59. The van der Waals surface area contributed by atoms with E-state index in [2.05, 4.69) is 6.92 Å². The van der Waals surface area contributed by atoms with Gasteiger partial charge in [0.15, 0.2) is 5.60 Å². The van der Waals surface area contributed by atoms with Crippen molar-refractivity contribution in [3.8, 4) is 17.2 Å². The highest BCUT2D eigenvalue weighted by Crippen LogP contribution is 2.65. The normalized spacial score (nSPS) is 24.6. The van der Waals surface area contributed by atoms with Crippen molar-refractivity contribution < 1.29 is 20.1 Å². The van der Waals surface area contributed by atoms with Crippen molar-refractivity contribution in [2.24, 2.45) is 0 Å². The van der Waals surface area contributed by atoms with Crippen molar-refractivity contribution in [3.63, 3.8) is 0 Å². The largest absolute Gasteiger partial charge is 0.508 e. The maximum atomic E-state index is 12.1. The van der Waals surface area contributed by atoms with E-state index in [9.17, 15) is 15.3 Å². The number of rotatable bonds is 1. The van der Waals surface area contributed by atoms with Crippen LogP contribution in [0.4, 0.5) is 0 Å². The minimum absolute atomic E-state index is 0.00156. The van der Waals surface area contributed by atoms with Gasteiger partial charge >= 0.3 is 0 Å². The fourth-order valence-corrected chi connectivity index (χ4v) is 4.98. The first kappa shape index (κ1) is 15.3. The molecule has 0 fully saturated rings. The summed E-state index contributed by atoms with van der Waals surface area (Å²) in [5.41, 5.74) is 1.65. The maximum absolute atomic E-state index is 12.1. The standard InChI is InChI=1S/C22H18O4/c1-21-12-6-3-9-15(23)18(12)22(25,19-13(21)7-4-10-16(19)24)20-14(21)8-5-11-17(20)26-2/h3-11,23-25H,1-2H3. The molecule has 0 atom stereocenters. The van der Waals surface area contributed by atoms with Crippen LogP contribution in [0.1, 0.15) is 40.3 Å². The predicted molar refractivity (Wildman–Crippen MR) is 96.9 cm³/mol.